The zero-order valence-corrected chi connectivity index (χ0v) is 7.54. The van der Waals surface area contributed by atoms with Gasteiger partial charge in [0.15, 0.2) is 0 Å². The number of rotatable bonds is 2. The van der Waals surface area contributed by atoms with Crippen LogP contribution < -0.4 is 5.73 Å². The Bertz CT molecular complexity index is 482. The number of aromatic nitrogens is 2. The summed E-state index contributed by atoms with van der Waals surface area (Å²) in [6.45, 7) is 3.57. The maximum atomic E-state index is 10.8. The van der Waals surface area contributed by atoms with Gasteiger partial charge in [0.1, 0.15) is 10.7 Å². The lowest BCUT2D eigenvalue weighted by Crippen LogP contribution is -2.13. The summed E-state index contributed by atoms with van der Waals surface area (Å²) >= 11 is 1.54. The van der Waals surface area contributed by atoms with Gasteiger partial charge in [0.25, 0.3) is 5.91 Å². The monoisotopic (exact) mass is 193 g/mol. The first kappa shape index (κ1) is 8.00. The van der Waals surface area contributed by atoms with Gasteiger partial charge in [-0.05, 0) is 0 Å². The molecule has 0 aliphatic rings. The number of thiazole rings is 1. The first-order valence-corrected chi connectivity index (χ1v) is 4.48. The number of nitrogens with zero attached hydrogens (tertiary/aromatic N) is 2. The molecule has 0 spiro atoms. The molecule has 0 unspecified atom stereocenters. The van der Waals surface area contributed by atoms with Gasteiger partial charge in [-0.25, -0.2) is 4.98 Å². The Morgan fingerprint density at radius 2 is 2.46 bits per heavy atom. The number of nitrogens with two attached hydrogens (primary N) is 1. The van der Waals surface area contributed by atoms with E-state index in [0.717, 1.165) is 4.83 Å². The largest absolute Gasteiger partial charge is 0.365 e. The van der Waals surface area contributed by atoms with Gasteiger partial charge in [-0.3, -0.25) is 9.20 Å². The van der Waals surface area contributed by atoms with E-state index >= 15 is 0 Å². The highest BCUT2D eigenvalue weighted by Crippen LogP contribution is 2.17. The van der Waals surface area contributed by atoms with Crippen LogP contribution in [0.3, 0.4) is 0 Å². The Morgan fingerprint density at radius 3 is 3.15 bits per heavy atom. The van der Waals surface area contributed by atoms with Gasteiger partial charge >= 0.3 is 0 Å². The molecule has 0 fully saturated rings. The van der Waals surface area contributed by atoms with Crippen LogP contribution in [0.1, 0.15) is 5.82 Å². The molecule has 2 aromatic rings. The number of imidazole rings is 1. The molecule has 0 aliphatic carbocycles. The van der Waals surface area contributed by atoms with Crippen molar-refractivity contribution in [3.8, 4) is 0 Å². The van der Waals surface area contributed by atoms with Gasteiger partial charge in [-0.1, -0.05) is 6.58 Å². The highest BCUT2D eigenvalue weighted by atomic mass is 32.1. The lowest BCUT2D eigenvalue weighted by molar-refractivity contribution is -0.112. The molecule has 0 bridgehead atoms. The fraction of sp³-hybridized carbons (Fsp3) is 0. The molecule has 0 aromatic carbocycles. The summed E-state index contributed by atoms with van der Waals surface area (Å²) in [5.74, 6) is -0.0255. The molecule has 5 heteroatoms. The molecular weight excluding hydrogens is 186 g/mol. The van der Waals surface area contributed by atoms with Gasteiger partial charge in [0, 0.05) is 11.6 Å². The number of primary amides is 1. The van der Waals surface area contributed by atoms with Crippen molar-refractivity contribution in [1.82, 2.24) is 9.38 Å². The van der Waals surface area contributed by atoms with Crippen molar-refractivity contribution in [2.24, 2.45) is 5.73 Å². The van der Waals surface area contributed by atoms with Crippen LogP contribution in [0.2, 0.25) is 0 Å². The van der Waals surface area contributed by atoms with Gasteiger partial charge < -0.3 is 5.73 Å². The van der Waals surface area contributed by atoms with Crippen LogP contribution in [0.25, 0.3) is 10.4 Å². The van der Waals surface area contributed by atoms with E-state index < -0.39 is 5.91 Å². The predicted molar refractivity (Wildman–Crippen MR) is 51.3 cm³/mol. The van der Waals surface area contributed by atoms with Crippen molar-refractivity contribution >= 4 is 27.6 Å². The Balaban J connectivity index is 2.61. The van der Waals surface area contributed by atoms with Crippen LogP contribution in [0.15, 0.2) is 24.4 Å². The number of hydrogen-bond acceptors (Lipinski definition) is 3. The minimum atomic E-state index is -0.543. The number of carbonyl (C=O) groups is 1. The molecule has 0 radical (unpaired) electrons. The normalized spacial score (nSPS) is 10.5. The zero-order chi connectivity index (χ0) is 9.42. The fourth-order valence-corrected chi connectivity index (χ4v) is 1.77. The molecule has 0 saturated carbocycles. The third-order valence-electron chi connectivity index (χ3n) is 1.73. The van der Waals surface area contributed by atoms with Crippen molar-refractivity contribution in [1.29, 1.82) is 0 Å². The van der Waals surface area contributed by atoms with Crippen LogP contribution in [0.5, 0.6) is 0 Å². The molecule has 2 aromatic heterocycles. The van der Waals surface area contributed by atoms with Crippen molar-refractivity contribution in [2.45, 2.75) is 0 Å². The summed E-state index contributed by atoms with van der Waals surface area (Å²) in [5, 5.41) is 1.91. The molecular formula is C8H7N3OS. The van der Waals surface area contributed by atoms with Gasteiger partial charge in [-0.15, -0.1) is 11.3 Å². The summed E-state index contributed by atoms with van der Waals surface area (Å²) < 4.78 is 1.79. The Kier molecular flexibility index (Phi) is 1.66. The zero-order valence-electron chi connectivity index (χ0n) is 6.73. The van der Waals surface area contributed by atoms with E-state index in [2.05, 4.69) is 11.6 Å². The summed E-state index contributed by atoms with van der Waals surface area (Å²) in [5.41, 5.74) is 5.33. The summed E-state index contributed by atoms with van der Waals surface area (Å²) in [6.07, 6.45) is 3.52. The second kappa shape index (κ2) is 2.70. The first-order valence-electron chi connectivity index (χ1n) is 3.60. The van der Waals surface area contributed by atoms with Crippen molar-refractivity contribution in [2.75, 3.05) is 0 Å². The fourth-order valence-electron chi connectivity index (χ4n) is 1.07. The average Bonchev–Trinajstić information content (AvgIpc) is 2.61. The molecule has 4 nitrogen and oxygen atoms in total. The molecule has 2 rings (SSSR count). The maximum absolute atomic E-state index is 10.8. The Labute approximate surface area is 78.3 Å². The van der Waals surface area contributed by atoms with Crippen LogP contribution >= 0.6 is 11.3 Å². The maximum Gasteiger partial charge on any atom is 0.251 e. The van der Waals surface area contributed by atoms with Gasteiger partial charge in [-0.2, -0.15) is 0 Å². The van der Waals surface area contributed by atoms with Crippen molar-refractivity contribution in [3.63, 3.8) is 0 Å². The van der Waals surface area contributed by atoms with E-state index in [0.29, 0.717) is 5.82 Å². The second-order valence-corrected chi connectivity index (χ2v) is 3.46. The first-order chi connectivity index (χ1) is 6.20. The highest BCUT2D eigenvalue weighted by Gasteiger charge is 2.11. The van der Waals surface area contributed by atoms with E-state index in [1.54, 1.807) is 21.9 Å². The third kappa shape index (κ3) is 1.13. The average molecular weight is 193 g/mol. The molecule has 66 valence electrons. The predicted octanol–water partition coefficient (Wildman–Crippen LogP) is 0.894. The number of amides is 1. The Morgan fingerprint density at radius 1 is 1.69 bits per heavy atom. The quantitative estimate of drug-likeness (QED) is 0.720. The van der Waals surface area contributed by atoms with Gasteiger partial charge in [0.2, 0.25) is 0 Å². The molecule has 2 N–H and O–H groups in total. The molecule has 0 atom stereocenters. The topological polar surface area (TPSA) is 60.4 Å². The standard InChI is InChI=1S/C8H7N3OS/c1-5(7(9)12)8-10-4-6-11(8)2-3-13-6/h2-4H,1H2,(H2,9,12). The van der Waals surface area contributed by atoms with Gasteiger partial charge in [0.05, 0.1) is 11.8 Å². The third-order valence-corrected chi connectivity index (χ3v) is 2.53. The smallest absolute Gasteiger partial charge is 0.251 e. The highest BCUT2D eigenvalue weighted by molar-refractivity contribution is 7.15. The number of carbonyl (C=O) groups excluding carboxylic acids is 1. The van der Waals surface area contributed by atoms with Crippen molar-refractivity contribution in [3.05, 3.63) is 30.2 Å². The lowest BCUT2D eigenvalue weighted by Gasteiger charge is -1.96. The van der Waals surface area contributed by atoms with Crippen LogP contribution in [0.4, 0.5) is 0 Å². The SMILES string of the molecule is C=C(C(N)=O)c1ncc2sccn12. The lowest BCUT2D eigenvalue weighted by atomic mass is 10.3. The van der Waals surface area contributed by atoms with Crippen LogP contribution in [-0.2, 0) is 4.79 Å². The van der Waals surface area contributed by atoms with Crippen LogP contribution in [0, 0.1) is 0 Å². The summed E-state index contributed by atoms with van der Waals surface area (Å²) in [7, 11) is 0. The summed E-state index contributed by atoms with van der Waals surface area (Å²) in [6, 6.07) is 0. The second-order valence-electron chi connectivity index (χ2n) is 2.54. The van der Waals surface area contributed by atoms with Crippen LogP contribution in [-0.4, -0.2) is 15.3 Å². The molecule has 0 saturated heterocycles. The molecule has 13 heavy (non-hydrogen) atoms. The van der Waals surface area contributed by atoms with E-state index in [9.17, 15) is 4.79 Å². The van der Waals surface area contributed by atoms with E-state index in [1.807, 2.05) is 11.6 Å². The van der Waals surface area contributed by atoms with E-state index in [-0.39, 0.29) is 5.57 Å². The molecule has 1 amide bonds. The number of fused-ring (bicyclic) bond motifs is 1. The summed E-state index contributed by atoms with van der Waals surface area (Å²) in [4.78, 5) is 15.9. The minimum Gasteiger partial charge on any atom is -0.365 e. The molecule has 2 heterocycles. The number of hydrogen-bond donors (Lipinski definition) is 1. The molecule has 0 aliphatic heterocycles. The van der Waals surface area contributed by atoms with E-state index in [4.69, 9.17) is 5.73 Å². The van der Waals surface area contributed by atoms with E-state index in [1.165, 1.54) is 0 Å². The Hall–Kier alpha value is -1.62. The minimum absolute atomic E-state index is 0.235. The van der Waals surface area contributed by atoms with Crippen molar-refractivity contribution < 1.29 is 4.79 Å².